The van der Waals surface area contributed by atoms with Crippen LogP contribution in [0.5, 0.6) is 5.75 Å². The van der Waals surface area contributed by atoms with Crippen molar-refractivity contribution in [1.29, 1.82) is 0 Å². The molecule has 6 heteroatoms. The highest BCUT2D eigenvalue weighted by molar-refractivity contribution is 6.11. The zero-order valence-corrected chi connectivity index (χ0v) is 13.6. The number of phenolic OH excluding ortho intramolecular Hbond substituents is 1. The summed E-state index contributed by atoms with van der Waals surface area (Å²) in [6.45, 7) is 1.98. The summed E-state index contributed by atoms with van der Waals surface area (Å²) in [7, 11) is 0. The van der Waals surface area contributed by atoms with Crippen LogP contribution in [-0.4, -0.2) is 44.7 Å². The molecule has 4 aliphatic rings. The zero-order chi connectivity index (χ0) is 17.7. The maximum atomic E-state index is 13.2. The van der Waals surface area contributed by atoms with Gasteiger partial charge in [0.25, 0.3) is 0 Å². The fourth-order valence-electron chi connectivity index (χ4n) is 5.00. The number of fused-ring (bicyclic) bond motifs is 6. The number of phenols is 1. The highest BCUT2D eigenvalue weighted by atomic mass is 16.6. The van der Waals surface area contributed by atoms with Gasteiger partial charge < -0.3 is 20.1 Å². The lowest BCUT2D eigenvalue weighted by molar-refractivity contribution is -0.130. The van der Waals surface area contributed by atoms with Crippen LogP contribution in [0.3, 0.4) is 0 Å². The Labute approximate surface area is 143 Å². The summed E-state index contributed by atoms with van der Waals surface area (Å²) >= 11 is 0. The maximum absolute atomic E-state index is 13.2. The predicted molar refractivity (Wildman–Crippen MR) is 84.9 cm³/mol. The predicted octanol–water partition coefficient (Wildman–Crippen LogP) is 1.05. The van der Waals surface area contributed by atoms with Gasteiger partial charge in [-0.3, -0.25) is 9.59 Å². The number of carbonyl (C=O) groups is 2. The highest BCUT2D eigenvalue weighted by Gasteiger charge is 2.71. The molecule has 0 bridgehead atoms. The molecule has 25 heavy (non-hydrogen) atoms. The summed E-state index contributed by atoms with van der Waals surface area (Å²) in [5.41, 5.74) is -0.645. The molecule has 3 N–H and O–H groups in total. The molecule has 0 spiro atoms. The molecule has 1 aliphatic heterocycles. The molecule has 1 aromatic rings. The molecule has 2 unspecified atom stereocenters. The van der Waals surface area contributed by atoms with E-state index in [2.05, 4.69) is 0 Å². The molecule has 6 atom stereocenters. The molecule has 1 saturated heterocycles. The first-order chi connectivity index (χ1) is 11.9. The van der Waals surface area contributed by atoms with Crippen molar-refractivity contribution in [2.45, 2.75) is 43.7 Å². The number of rotatable bonds is 0. The molecule has 0 radical (unpaired) electrons. The summed E-state index contributed by atoms with van der Waals surface area (Å²) in [6, 6.07) is 4.39. The zero-order valence-electron chi connectivity index (χ0n) is 13.6. The van der Waals surface area contributed by atoms with E-state index < -0.39 is 35.6 Å². The number of ketones is 2. The van der Waals surface area contributed by atoms with Crippen molar-refractivity contribution in [2.75, 3.05) is 0 Å². The number of Topliss-reactive ketones (excluding diaryl/α,β-unsaturated/α-hetero) is 2. The maximum Gasteiger partial charge on any atom is 0.174 e. The Morgan fingerprint density at radius 1 is 1.24 bits per heavy atom. The van der Waals surface area contributed by atoms with Crippen molar-refractivity contribution in [1.82, 2.24) is 0 Å². The van der Waals surface area contributed by atoms with Gasteiger partial charge in [0.2, 0.25) is 0 Å². The lowest BCUT2D eigenvalue weighted by Crippen LogP contribution is -2.59. The van der Waals surface area contributed by atoms with Gasteiger partial charge in [0.05, 0.1) is 5.92 Å². The van der Waals surface area contributed by atoms with E-state index in [1.54, 1.807) is 0 Å². The Kier molecular flexibility index (Phi) is 2.79. The van der Waals surface area contributed by atoms with Crippen LogP contribution in [0.25, 0.3) is 0 Å². The first-order valence-electron chi connectivity index (χ1n) is 8.53. The molecule has 0 saturated carbocycles. The van der Waals surface area contributed by atoms with Crippen molar-refractivity contribution in [3.8, 4) is 5.75 Å². The smallest absolute Gasteiger partial charge is 0.174 e. The molecule has 1 fully saturated rings. The summed E-state index contributed by atoms with van der Waals surface area (Å²) in [4.78, 5) is 25.9. The van der Waals surface area contributed by atoms with E-state index in [4.69, 9.17) is 4.74 Å². The van der Waals surface area contributed by atoms with Crippen LogP contribution in [0, 0.1) is 11.8 Å². The van der Waals surface area contributed by atoms with Crippen LogP contribution in [0.2, 0.25) is 0 Å². The molecule has 0 aromatic heterocycles. The minimum Gasteiger partial charge on any atom is -0.508 e. The summed E-state index contributed by atoms with van der Waals surface area (Å²) in [6.07, 6.45) is -1.69. The van der Waals surface area contributed by atoms with Crippen LogP contribution < -0.4 is 0 Å². The van der Waals surface area contributed by atoms with Gasteiger partial charge in [-0.15, -0.1) is 0 Å². The number of aliphatic hydroxyl groups excluding tert-OH is 1. The SMILES string of the molecule is C[C@@H]1CC(=O)C2=C(C1)C1OC1[C@]1(O)[C@H]2C(=O)c2cccc(O)c2[C@@H]1O. The molecule has 5 rings (SSSR count). The number of aromatic hydroxyl groups is 1. The van der Waals surface area contributed by atoms with Crippen molar-refractivity contribution in [3.05, 3.63) is 40.5 Å². The second kappa shape index (κ2) is 4.58. The fraction of sp³-hybridized carbons (Fsp3) is 0.474. The van der Waals surface area contributed by atoms with Gasteiger partial charge in [0.15, 0.2) is 11.6 Å². The number of hydrogen-bond donors (Lipinski definition) is 3. The van der Waals surface area contributed by atoms with Crippen LogP contribution in [0.4, 0.5) is 0 Å². The second-order valence-corrected chi connectivity index (χ2v) is 7.68. The number of epoxide rings is 1. The lowest BCUT2D eigenvalue weighted by Gasteiger charge is -2.46. The Hall–Kier alpha value is -2.02. The van der Waals surface area contributed by atoms with Gasteiger partial charge in [-0.1, -0.05) is 19.1 Å². The minimum absolute atomic E-state index is 0.0150. The van der Waals surface area contributed by atoms with E-state index >= 15 is 0 Å². The molecule has 1 heterocycles. The monoisotopic (exact) mass is 342 g/mol. The summed E-state index contributed by atoms with van der Waals surface area (Å²) < 4.78 is 5.64. The Morgan fingerprint density at radius 3 is 2.76 bits per heavy atom. The highest BCUT2D eigenvalue weighted by Crippen LogP contribution is 2.60. The normalized spacial score (nSPS) is 41.6. The Bertz CT molecular complexity index is 871. The minimum atomic E-state index is -1.93. The van der Waals surface area contributed by atoms with E-state index in [9.17, 15) is 24.9 Å². The number of carbonyl (C=O) groups excluding carboxylic acids is 2. The molecular formula is C19H18O6. The van der Waals surface area contributed by atoms with Gasteiger partial charge in [-0.25, -0.2) is 0 Å². The quantitative estimate of drug-likeness (QED) is 0.608. The molecule has 0 amide bonds. The molecule has 6 nitrogen and oxygen atoms in total. The van der Waals surface area contributed by atoms with E-state index in [0.29, 0.717) is 18.4 Å². The van der Waals surface area contributed by atoms with Gasteiger partial charge in [0.1, 0.15) is 29.7 Å². The van der Waals surface area contributed by atoms with E-state index in [1.165, 1.54) is 18.2 Å². The summed E-state index contributed by atoms with van der Waals surface area (Å²) in [5, 5.41) is 32.3. The first kappa shape index (κ1) is 15.3. The fourth-order valence-corrected chi connectivity index (χ4v) is 5.00. The molecule has 3 aliphatic carbocycles. The van der Waals surface area contributed by atoms with Crippen molar-refractivity contribution >= 4 is 11.6 Å². The molecular weight excluding hydrogens is 324 g/mol. The first-order valence-corrected chi connectivity index (χ1v) is 8.53. The Balaban J connectivity index is 1.77. The standard InChI is InChI=1S/C19H18O6/c1-7-5-9-12(11(21)6-7)14-15(22)8-3-2-4-10(20)13(8)17(23)19(14,24)18-16(9)25-18/h2-4,7,14,16-18,20,23-24H,5-6H2,1H3/t7-,14+,16?,17-,18?,19-/m0/s1. The number of ether oxygens (including phenoxy) is 1. The average Bonchev–Trinajstić information content (AvgIpc) is 3.35. The van der Waals surface area contributed by atoms with Gasteiger partial charge in [-0.05, 0) is 24.0 Å². The van der Waals surface area contributed by atoms with Crippen molar-refractivity contribution < 1.29 is 29.6 Å². The third-order valence-corrected chi connectivity index (χ3v) is 6.11. The van der Waals surface area contributed by atoms with Crippen LogP contribution in [0.1, 0.15) is 41.8 Å². The van der Waals surface area contributed by atoms with Crippen molar-refractivity contribution in [2.24, 2.45) is 11.8 Å². The van der Waals surface area contributed by atoms with E-state index in [1.807, 2.05) is 6.92 Å². The largest absolute Gasteiger partial charge is 0.508 e. The van der Waals surface area contributed by atoms with Crippen LogP contribution in [0.15, 0.2) is 29.3 Å². The van der Waals surface area contributed by atoms with Crippen molar-refractivity contribution in [3.63, 3.8) is 0 Å². The second-order valence-electron chi connectivity index (χ2n) is 7.68. The topological polar surface area (TPSA) is 107 Å². The van der Waals surface area contributed by atoms with Crippen LogP contribution >= 0.6 is 0 Å². The third-order valence-electron chi connectivity index (χ3n) is 6.11. The number of aliphatic hydroxyl groups is 2. The lowest BCUT2D eigenvalue weighted by atomic mass is 9.58. The van der Waals surface area contributed by atoms with Gasteiger partial charge >= 0.3 is 0 Å². The van der Waals surface area contributed by atoms with E-state index in [0.717, 1.165) is 5.57 Å². The van der Waals surface area contributed by atoms with Crippen LogP contribution in [-0.2, 0) is 9.53 Å². The summed E-state index contributed by atoms with van der Waals surface area (Å²) in [5.74, 6) is -1.82. The van der Waals surface area contributed by atoms with E-state index in [-0.39, 0.29) is 28.6 Å². The third kappa shape index (κ3) is 1.69. The average molecular weight is 342 g/mol. The molecule has 1 aromatic carbocycles. The van der Waals surface area contributed by atoms with Gasteiger partial charge in [0, 0.05) is 23.1 Å². The Morgan fingerprint density at radius 2 is 2.00 bits per heavy atom. The molecule has 130 valence electrons. The number of hydrogen-bond acceptors (Lipinski definition) is 6. The van der Waals surface area contributed by atoms with Gasteiger partial charge in [-0.2, -0.15) is 0 Å². The number of benzene rings is 1.